The van der Waals surface area contributed by atoms with Crippen LogP contribution in [0.5, 0.6) is 0 Å². The van der Waals surface area contributed by atoms with E-state index < -0.39 is 0 Å². The molecule has 0 saturated heterocycles. The second kappa shape index (κ2) is 9.94. The van der Waals surface area contributed by atoms with E-state index in [4.69, 9.17) is 8.99 Å². The van der Waals surface area contributed by atoms with E-state index in [-0.39, 0.29) is 31.8 Å². The molecule has 0 atom stereocenters. The molecular weight excluding hydrogens is 69.0 g/mol. The first-order valence-corrected chi connectivity index (χ1v) is 1.11. The minimum atomic E-state index is -0.250. The Bertz CT molecular complexity index is 32.6. The fraction of sp³-hybridized carbons (Fsp3) is 0. The van der Waals surface area contributed by atoms with Gasteiger partial charge >= 0.3 is 18.9 Å². The molecule has 2 nitrogen and oxygen atoms in total. The van der Waals surface area contributed by atoms with E-state index in [1.807, 2.05) is 0 Å². The van der Waals surface area contributed by atoms with Crippen molar-refractivity contribution in [1.82, 2.24) is 0 Å². The molecule has 0 aromatic heterocycles. The van der Waals surface area contributed by atoms with Crippen molar-refractivity contribution in [2.45, 2.75) is 0 Å². The molecule has 0 bridgehead atoms. The third kappa shape index (κ3) is 27.9. The Morgan fingerprint density at radius 3 is 2.00 bits per heavy atom. The van der Waals surface area contributed by atoms with Crippen LogP contribution < -0.4 is 18.9 Å². The SMILES string of the molecule is N=S=O.[H-].[Li+]. The molecule has 0 aliphatic rings. The second-order valence-electron chi connectivity index (χ2n) is 0.0833. The minimum Gasteiger partial charge on any atom is -1.00 e. The number of hydrogen-bond donors (Lipinski definition) is 1. The molecule has 0 rings (SSSR count). The van der Waals surface area contributed by atoms with Gasteiger partial charge in [-0.05, 0) is 0 Å². The first-order chi connectivity index (χ1) is 1.41. The molecular formula is H2LiNOS. The number of nitrogens with one attached hydrogen (secondary N) is 1. The maximum absolute atomic E-state index is 8.51. The van der Waals surface area contributed by atoms with Gasteiger partial charge in [0.1, 0.15) is 0 Å². The van der Waals surface area contributed by atoms with Crippen molar-refractivity contribution in [2.24, 2.45) is 0 Å². The smallest absolute Gasteiger partial charge is 1.00 e. The van der Waals surface area contributed by atoms with Crippen LogP contribution in [0.1, 0.15) is 1.43 Å². The average Bonchev–Trinajstić information content (AvgIpc) is 0.918. The van der Waals surface area contributed by atoms with Crippen LogP contribution in [0, 0.1) is 4.78 Å². The van der Waals surface area contributed by atoms with Gasteiger partial charge in [0.2, 0.25) is 0 Å². The third-order valence-corrected chi connectivity index (χ3v) is 0. The molecule has 0 aliphatic carbocycles. The molecule has 20 valence electrons. The van der Waals surface area contributed by atoms with Crippen LogP contribution in [-0.4, -0.2) is 4.21 Å². The molecule has 0 aromatic carbocycles. The Hall–Kier alpha value is 0.417. The summed E-state index contributed by atoms with van der Waals surface area (Å²) in [4.78, 5) is 0. The molecule has 4 heavy (non-hydrogen) atoms. The summed E-state index contributed by atoms with van der Waals surface area (Å²) in [6.45, 7) is 0. The molecule has 1 N–H and O–H groups in total. The summed E-state index contributed by atoms with van der Waals surface area (Å²) in [7, 11) is 0. The molecule has 0 aliphatic heterocycles. The monoisotopic (exact) mass is 71.0 g/mol. The maximum atomic E-state index is 8.51. The fourth-order valence-corrected chi connectivity index (χ4v) is 0. The van der Waals surface area contributed by atoms with E-state index in [2.05, 4.69) is 0 Å². The summed E-state index contributed by atoms with van der Waals surface area (Å²) >= 11 is -0.250. The predicted octanol–water partition coefficient (Wildman–Crippen LogP) is -2.92. The van der Waals surface area contributed by atoms with Crippen LogP contribution in [0.4, 0.5) is 0 Å². The van der Waals surface area contributed by atoms with E-state index in [1.54, 1.807) is 0 Å². The third-order valence-electron chi connectivity index (χ3n) is 0. The average molecular weight is 71.0 g/mol. The standard InChI is InChI=1S/Li.HNOS.H/c;1-3-2;/h;1H;/q+1;;-1. The molecule has 0 radical (unpaired) electrons. The van der Waals surface area contributed by atoms with E-state index in [0.29, 0.717) is 0 Å². The Kier molecular flexibility index (Phi) is 21.9. The van der Waals surface area contributed by atoms with Gasteiger partial charge in [0.15, 0.2) is 11.5 Å². The van der Waals surface area contributed by atoms with Gasteiger partial charge in [0.25, 0.3) is 0 Å². The molecule has 0 saturated carbocycles. The van der Waals surface area contributed by atoms with Crippen LogP contribution in [0.2, 0.25) is 0 Å². The van der Waals surface area contributed by atoms with E-state index in [1.165, 1.54) is 0 Å². The van der Waals surface area contributed by atoms with Crippen molar-refractivity contribution in [2.75, 3.05) is 0 Å². The van der Waals surface area contributed by atoms with Crippen molar-refractivity contribution < 1.29 is 24.5 Å². The Labute approximate surface area is 41.3 Å². The van der Waals surface area contributed by atoms with Gasteiger partial charge in [0.05, 0.1) is 0 Å². The summed E-state index contributed by atoms with van der Waals surface area (Å²) in [5.74, 6) is 0. The summed E-state index contributed by atoms with van der Waals surface area (Å²) in [6.07, 6.45) is 0. The quantitative estimate of drug-likeness (QED) is 0.305. The van der Waals surface area contributed by atoms with Crippen LogP contribution in [0.15, 0.2) is 0 Å². The zero-order chi connectivity index (χ0) is 2.71. The summed E-state index contributed by atoms with van der Waals surface area (Å²) < 4.78 is 14.1. The molecule has 0 spiro atoms. The van der Waals surface area contributed by atoms with Crippen molar-refractivity contribution in [3.8, 4) is 0 Å². The zero-order valence-corrected chi connectivity index (χ0v) is 3.13. The zero-order valence-electron chi connectivity index (χ0n) is 3.32. The van der Waals surface area contributed by atoms with Crippen molar-refractivity contribution in [3.63, 3.8) is 0 Å². The number of hydrogen-bond acceptors (Lipinski definition) is 2. The first-order valence-electron chi connectivity index (χ1n) is 0.371. The number of rotatable bonds is 0. The predicted molar refractivity (Wildman–Crippen MR) is 12.0 cm³/mol. The van der Waals surface area contributed by atoms with Gasteiger partial charge in [0, 0.05) is 0 Å². The molecule has 0 unspecified atom stereocenters. The van der Waals surface area contributed by atoms with Gasteiger partial charge < -0.3 is 1.43 Å². The van der Waals surface area contributed by atoms with Gasteiger partial charge in [-0.25, -0.2) is 4.78 Å². The molecule has 0 fully saturated rings. The summed E-state index contributed by atoms with van der Waals surface area (Å²) in [6, 6.07) is 0. The first kappa shape index (κ1) is 8.83. The Morgan fingerprint density at radius 1 is 2.00 bits per heavy atom. The minimum absolute atomic E-state index is 0. The Balaban J connectivity index is -0.0000000200. The second-order valence-corrected chi connectivity index (χ2v) is 0.250. The maximum Gasteiger partial charge on any atom is 1.00 e. The molecule has 0 amide bonds. The van der Waals surface area contributed by atoms with Crippen molar-refractivity contribution >= 4 is 11.5 Å². The van der Waals surface area contributed by atoms with Gasteiger partial charge in [-0.1, -0.05) is 0 Å². The van der Waals surface area contributed by atoms with Gasteiger partial charge in [-0.2, -0.15) is 4.21 Å². The van der Waals surface area contributed by atoms with Gasteiger partial charge in [-0.3, -0.25) is 0 Å². The van der Waals surface area contributed by atoms with Crippen LogP contribution in [-0.2, 0) is 11.5 Å². The van der Waals surface area contributed by atoms with E-state index >= 15 is 0 Å². The molecule has 0 aromatic rings. The van der Waals surface area contributed by atoms with Gasteiger partial charge in [-0.15, -0.1) is 0 Å². The summed E-state index contributed by atoms with van der Waals surface area (Å²) in [5, 5.41) is 0. The van der Waals surface area contributed by atoms with Crippen LogP contribution in [0.25, 0.3) is 0 Å². The van der Waals surface area contributed by atoms with Crippen molar-refractivity contribution in [1.29, 1.82) is 4.78 Å². The van der Waals surface area contributed by atoms with Crippen LogP contribution >= 0.6 is 0 Å². The molecule has 0 heterocycles. The van der Waals surface area contributed by atoms with E-state index in [0.717, 1.165) is 0 Å². The molecule has 4 heteroatoms. The van der Waals surface area contributed by atoms with E-state index in [9.17, 15) is 0 Å². The normalized spacial score (nSPS) is 3.00. The topological polar surface area (TPSA) is 40.9 Å². The largest absolute Gasteiger partial charge is 1.00 e. The Morgan fingerprint density at radius 2 is 2.00 bits per heavy atom. The van der Waals surface area contributed by atoms with Crippen molar-refractivity contribution in [3.05, 3.63) is 0 Å². The fourth-order valence-electron chi connectivity index (χ4n) is 0. The van der Waals surface area contributed by atoms with Crippen LogP contribution in [0.3, 0.4) is 0 Å². The summed E-state index contributed by atoms with van der Waals surface area (Å²) in [5.41, 5.74) is 0.